The average molecular weight is 623 g/mol. The molecule has 49 heavy (non-hydrogen) atoms. The lowest BCUT2D eigenvalue weighted by Crippen LogP contribution is -2.00. The van der Waals surface area contributed by atoms with E-state index in [4.69, 9.17) is 4.98 Å². The maximum atomic E-state index is 5.47. The zero-order valence-electron chi connectivity index (χ0n) is 26.7. The molecule has 0 N–H and O–H groups in total. The molecular formula is C47H30N2. The topological polar surface area (TPSA) is 17.8 Å². The SMILES string of the molecule is c1ccc(-c2cc(-c3ccccc3)nc(-c3cc4c5ccccc5c5ccccc5c4cc3-n3c4ccccc4c4ccccc43)c2)cc1. The second-order valence-electron chi connectivity index (χ2n) is 12.7. The van der Waals surface area contributed by atoms with Crippen molar-refractivity contribution in [3.63, 3.8) is 0 Å². The van der Waals surface area contributed by atoms with Crippen molar-refractivity contribution >= 4 is 54.1 Å². The van der Waals surface area contributed by atoms with Crippen LogP contribution in [-0.2, 0) is 0 Å². The molecule has 228 valence electrons. The van der Waals surface area contributed by atoms with Crippen molar-refractivity contribution in [3.8, 4) is 39.3 Å². The highest BCUT2D eigenvalue weighted by Crippen LogP contribution is 2.43. The van der Waals surface area contributed by atoms with Crippen molar-refractivity contribution in [2.75, 3.05) is 0 Å². The van der Waals surface area contributed by atoms with Gasteiger partial charge >= 0.3 is 0 Å². The van der Waals surface area contributed by atoms with Gasteiger partial charge in [-0.05, 0) is 79.8 Å². The summed E-state index contributed by atoms with van der Waals surface area (Å²) in [5, 5.41) is 9.96. The van der Waals surface area contributed by atoms with Crippen molar-refractivity contribution in [2.45, 2.75) is 0 Å². The van der Waals surface area contributed by atoms with E-state index in [1.807, 2.05) is 0 Å². The maximum absolute atomic E-state index is 5.47. The predicted molar refractivity (Wildman–Crippen MR) is 207 cm³/mol. The Labute approximate surface area is 284 Å². The highest BCUT2D eigenvalue weighted by Gasteiger charge is 2.20. The van der Waals surface area contributed by atoms with E-state index in [1.165, 1.54) is 59.7 Å². The molecule has 0 saturated carbocycles. The lowest BCUT2D eigenvalue weighted by Gasteiger charge is -2.19. The smallest absolute Gasteiger partial charge is 0.0737 e. The summed E-state index contributed by atoms with van der Waals surface area (Å²) in [4.78, 5) is 5.47. The molecule has 0 aliphatic carbocycles. The van der Waals surface area contributed by atoms with Crippen LogP contribution in [-0.4, -0.2) is 9.55 Å². The zero-order chi connectivity index (χ0) is 32.3. The first kappa shape index (κ1) is 27.6. The molecule has 0 amide bonds. The Morgan fingerprint density at radius 2 is 0.735 bits per heavy atom. The van der Waals surface area contributed by atoms with E-state index in [-0.39, 0.29) is 0 Å². The molecule has 10 rings (SSSR count). The molecule has 2 nitrogen and oxygen atoms in total. The summed E-state index contributed by atoms with van der Waals surface area (Å²) in [6, 6.07) is 65.6. The van der Waals surface area contributed by atoms with Gasteiger partial charge in [-0.25, -0.2) is 4.98 Å². The fourth-order valence-corrected chi connectivity index (χ4v) is 7.73. The molecule has 0 bridgehead atoms. The van der Waals surface area contributed by atoms with Gasteiger partial charge in [-0.15, -0.1) is 0 Å². The highest BCUT2D eigenvalue weighted by atomic mass is 15.0. The van der Waals surface area contributed by atoms with Gasteiger partial charge in [0.15, 0.2) is 0 Å². The van der Waals surface area contributed by atoms with Gasteiger partial charge in [0.2, 0.25) is 0 Å². The molecule has 0 aliphatic heterocycles. The molecule has 10 aromatic rings. The lowest BCUT2D eigenvalue weighted by atomic mass is 9.91. The highest BCUT2D eigenvalue weighted by molar-refractivity contribution is 6.26. The van der Waals surface area contributed by atoms with E-state index in [2.05, 4.69) is 187 Å². The van der Waals surface area contributed by atoms with Crippen LogP contribution in [0, 0.1) is 0 Å². The third-order valence-corrected chi connectivity index (χ3v) is 9.96. The third-order valence-electron chi connectivity index (χ3n) is 9.96. The summed E-state index contributed by atoms with van der Waals surface area (Å²) >= 11 is 0. The molecule has 0 spiro atoms. The maximum Gasteiger partial charge on any atom is 0.0737 e. The quantitative estimate of drug-likeness (QED) is 0.179. The minimum absolute atomic E-state index is 0.941. The Balaban J connectivity index is 1.39. The Hall–Kier alpha value is -6.51. The van der Waals surface area contributed by atoms with E-state index in [0.29, 0.717) is 0 Å². The number of hydrogen-bond acceptors (Lipinski definition) is 1. The van der Waals surface area contributed by atoms with Gasteiger partial charge in [0.05, 0.1) is 28.1 Å². The second kappa shape index (κ2) is 11.0. The third kappa shape index (κ3) is 4.38. The number of benzene rings is 8. The number of para-hydroxylation sites is 2. The summed E-state index contributed by atoms with van der Waals surface area (Å²) in [5.74, 6) is 0. The molecule has 0 atom stereocenters. The van der Waals surface area contributed by atoms with Crippen LogP contribution < -0.4 is 0 Å². The first-order valence-corrected chi connectivity index (χ1v) is 16.8. The van der Waals surface area contributed by atoms with Crippen LogP contribution in [0.5, 0.6) is 0 Å². The fraction of sp³-hybridized carbons (Fsp3) is 0. The molecular weight excluding hydrogens is 593 g/mol. The molecule has 2 aromatic heterocycles. The van der Waals surface area contributed by atoms with Gasteiger partial charge in [0, 0.05) is 21.9 Å². The van der Waals surface area contributed by atoms with Crippen molar-refractivity contribution in [1.82, 2.24) is 9.55 Å². The first-order chi connectivity index (χ1) is 24.3. The van der Waals surface area contributed by atoms with Crippen molar-refractivity contribution in [3.05, 3.63) is 182 Å². The summed E-state index contributed by atoms with van der Waals surface area (Å²) in [7, 11) is 0. The Bertz CT molecular complexity index is 2750. The number of aromatic nitrogens is 2. The van der Waals surface area contributed by atoms with Gasteiger partial charge in [-0.1, -0.05) is 146 Å². The van der Waals surface area contributed by atoms with Crippen LogP contribution in [0.1, 0.15) is 0 Å². The monoisotopic (exact) mass is 622 g/mol. The van der Waals surface area contributed by atoms with Crippen LogP contribution in [0.3, 0.4) is 0 Å². The van der Waals surface area contributed by atoms with Gasteiger partial charge < -0.3 is 4.57 Å². The first-order valence-electron chi connectivity index (χ1n) is 16.8. The van der Waals surface area contributed by atoms with E-state index in [9.17, 15) is 0 Å². The van der Waals surface area contributed by atoms with Gasteiger partial charge in [-0.3, -0.25) is 0 Å². The molecule has 0 saturated heterocycles. The number of hydrogen-bond donors (Lipinski definition) is 0. The molecule has 0 unspecified atom stereocenters. The van der Waals surface area contributed by atoms with Gasteiger partial charge in [-0.2, -0.15) is 0 Å². The molecule has 2 heterocycles. The lowest BCUT2D eigenvalue weighted by molar-refractivity contribution is 1.18. The molecule has 0 radical (unpaired) electrons. The van der Waals surface area contributed by atoms with Crippen LogP contribution in [0.2, 0.25) is 0 Å². The Kier molecular flexibility index (Phi) is 6.22. The van der Waals surface area contributed by atoms with E-state index in [0.717, 1.165) is 33.8 Å². The summed E-state index contributed by atoms with van der Waals surface area (Å²) in [6.45, 7) is 0. The standard InChI is InChI=1S/C47H30N2/c1-3-15-31(16-4-1)33-27-43(32-17-5-2-6-18-32)48-44(28-33)42-29-40-36-21-9-7-19-34(36)35-20-8-10-22-37(35)41(40)30-47(42)49-45-25-13-11-23-38(45)39-24-12-14-26-46(39)49/h1-30H. The zero-order valence-corrected chi connectivity index (χ0v) is 26.7. The normalized spacial score (nSPS) is 11.7. The largest absolute Gasteiger partial charge is 0.309 e. The minimum atomic E-state index is 0.941. The Morgan fingerprint density at radius 1 is 0.306 bits per heavy atom. The summed E-state index contributed by atoms with van der Waals surface area (Å²) in [5.41, 5.74) is 9.85. The number of rotatable bonds is 4. The second-order valence-corrected chi connectivity index (χ2v) is 12.7. The summed E-state index contributed by atoms with van der Waals surface area (Å²) < 4.78 is 2.45. The number of pyridine rings is 1. The van der Waals surface area contributed by atoms with Crippen molar-refractivity contribution in [2.24, 2.45) is 0 Å². The van der Waals surface area contributed by atoms with E-state index < -0.39 is 0 Å². The minimum Gasteiger partial charge on any atom is -0.309 e. The van der Waals surface area contributed by atoms with Gasteiger partial charge in [0.25, 0.3) is 0 Å². The molecule has 0 fully saturated rings. The fourth-order valence-electron chi connectivity index (χ4n) is 7.73. The van der Waals surface area contributed by atoms with Gasteiger partial charge in [0.1, 0.15) is 0 Å². The summed E-state index contributed by atoms with van der Waals surface area (Å²) in [6.07, 6.45) is 0. The molecule has 0 aliphatic rings. The van der Waals surface area contributed by atoms with Crippen LogP contribution in [0.25, 0.3) is 93.5 Å². The molecule has 8 aromatic carbocycles. The molecule has 2 heteroatoms. The number of fused-ring (bicyclic) bond motifs is 9. The van der Waals surface area contributed by atoms with Crippen LogP contribution in [0.15, 0.2) is 182 Å². The average Bonchev–Trinajstić information content (AvgIpc) is 3.52. The van der Waals surface area contributed by atoms with E-state index >= 15 is 0 Å². The van der Waals surface area contributed by atoms with E-state index in [1.54, 1.807) is 0 Å². The van der Waals surface area contributed by atoms with Crippen LogP contribution in [0.4, 0.5) is 0 Å². The van der Waals surface area contributed by atoms with Crippen molar-refractivity contribution < 1.29 is 0 Å². The Morgan fingerprint density at radius 3 is 1.31 bits per heavy atom. The number of nitrogens with zero attached hydrogens (tertiary/aromatic N) is 2. The van der Waals surface area contributed by atoms with Crippen molar-refractivity contribution in [1.29, 1.82) is 0 Å². The van der Waals surface area contributed by atoms with Crippen LogP contribution >= 0.6 is 0 Å². The predicted octanol–water partition coefficient (Wildman–Crippen LogP) is 12.6.